The summed E-state index contributed by atoms with van der Waals surface area (Å²) in [6.07, 6.45) is 1.85. The highest BCUT2D eigenvalue weighted by Gasteiger charge is 2.07. The van der Waals surface area contributed by atoms with Crippen molar-refractivity contribution in [2.24, 2.45) is 0 Å². The van der Waals surface area contributed by atoms with Gasteiger partial charge in [-0.05, 0) is 45.6 Å². The van der Waals surface area contributed by atoms with E-state index in [-0.39, 0.29) is 0 Å². The first-order chi connectivity index (χ1) is 8.16. The van der Waals surface area contributed by atoms with E-state index in [2.05, 4.69) is 40.8 Å². The Hall–Kier alpha value is -1.35. The highest BCUT2D eigenvalue weighted by molar-refractivity contribution is 9.10. The normalized spacial score (nSPS) is 10.6. The molecule has 0 saturated carbocycles. The Balaban J connectivity index is 2.23. The molecule has 17 heavy (non-hydrogen) atoms. The van der Waals surface area contributed by atoms with Crippen LogP contribution in [0, 0.1) is 0 Å². The Kier molecular flexibility index (Phi) is 3.79. The summed E-state index contributed by atoms with van der Waals surface area (Å²) in [5.74, 6) is 1.85. The lowest BCUT2D eigenvalue weighted by Crippen LogP contribution is -1.93. The molecule has 0 aliphatic rings. The fourth-order valence-electron chi connectivity index (χ4n) is 1.43. The molecule has 0 unspecified atom stereocenters. The second kappa shape index (κ2) is 5.32. The van der Waals surface area contributed by atoms with Gasteiger partial charge in [0, 0.05) is 6.20 Å². The molecule has 1 aromatic carbocycles. The third kappa shape index (κ3) is 3.07. The van der Waals surface area contributed by atoms with Gasteiger partial charge in [-0.15, -0.1) is 0 Å². The van der Waals surface area contributed by atoms with Crippen LogP contribution in [0.2, 0.25) is 0 Å². The summed E-state index contributed by atoms with van der Waals surface area (Å²) in [5.41, 5.74) is 1.19. The van der Waals surface area contributed by atoms with E-state index in [4.69, 9.17) is 4.74 Å². The molecule has 88 valence electrons. The average Bonchev–Trinajstić information content (AvgIpc) is 2.33. The smallest absolute Gasteiger partial charge is 0.233 e. The Morgan fingerprint density at radius 2 is 1.88 bits per heavy atom. The summed E-state index contributed by atoms with van der Waals surface area (Å²) in [6.45, 7) is 4.28. The zero-order valence-electron chi connectivity index (χ0n) is 9.85. The van der Waals surface area contributed by atoms with Gasteiger partial charge in [0.2, 0.25) is 5.88 Å². The van der Waals surface area contributed by atoms with Gasteiger partial charge in [-0.25, -0.2) is 4.98 Å². The Bertz CT molecular complexity index is 497. The van der Waals surface area contributed by atoms with E-state index in [0.29, 0.717) is 11.8 Å². The molecule has 2 aromatic rings. The quantitative estimate of drug-likeness (QED) is 0.813. The largest absolute Gasteiger partial charge is 0.438 e. The van der Waals surface area contributed by atoms with Gasteiger partial charge in [-0.3, -0.25) is 0 Å². The molecule has 0 atom stereocenters. The van der Waals surface area contributed by atoms with Crippen molar-refractivity contribution in [3.63, 3.8) is 0 Å². The van der Waals surface area contributed by atoms with Crippen molar-refractivity contribution in [2.75, 3.05) is 0 Å². The minimum absolute atomic E-state index is 0.463. The molecule has 3 heteroatoms. The van der Waals surface area contributed by atoms with Crippen molar-refractivity contribution in [3.8, 4) is 11.6 Å². The number of hydrogen-bond acceptors (Lipinski definition) is 2. The summed E-state index contributed by atoms with van der Waals surface area (Å²) >= 11 is 3.49. The maximum absolute atomic E-state index is 5.69. The van der Waals surface area contributed by atoms with E-state index in [1.54, 1.807) is 0 Å². The average molecular weight is 292 g/mol. The predicted molar refractivity (Wildman–Crippen MR) is 72.5 cm³/mol. The van der Waals surface area contributed by atoms with E-state index >= 15 is 0 Å². The van der Waals surface area contributed by atoms with Crippen LogP contribution in [-0.4, -0.2) is 4.98 Å². The van der Waals surface area contributed by atoms with E-state index in [9.17, 15) is 0 Å². The van der Waals surface area contributed by atoms with Crippen LogP contribution >= 0.6 is 15.9 Å². The number of nitrogens with zero attached hydrogens (tertiary/aromatic N) is 1. The lowest BCUT2D eigenvalue weighted by molar-refractivity contribution is 0.459. The van der Waals surface area contributed by atoms with E-state index in [0.717, 1.165) is 10.2 Å². The third-order valence-electron chi connectivity index (χ3n) is 2.45. The first kappa shape index (κ1) is 12.1. The summed E-state index contributed by atoms with van der Waals surface area (Å²) in [7, 11) is 0. The zero-order valence-corrected chi connectivity index (χ0v) is 11.4. The minimum atomic E-state index is 0.463. The molecule has 0 bridgehead atoms. The van der Waals surface area contributed by atoms with Crippen LogP contribution < -0.4 is 4.74 Å². The lowest BCUT2D eigenvalue weighted by atomic mass is 10.1. The molecule has 0 saturated heterocycles. The second-order valence-corrected chi connectivity index (χ2v) is 4.98. The van der Waals surface area contributed by atoms with E-state index in [1.807, 2.05) is 36.5 Å². The Morgan fingerprint density at radius 1 is 1.18 bits per heavy atom. The van der Waals surface area contributed by atoms with Gasteiger partial charge in [0.05, 0.1) is 4.47 Å². The standard InChI is InChI=1S/C14H14BrNO/c1-10(2)11-8-13(15)14(16-9-11)17-12-6-4-3-5-7-12/h3-10H,1-2H3. The molecule has 0 radical (unpaired) electrons. The highest BCUT2D eigenvalue weighted by Crippen LogP contribution is 2.29. The number of halogens is 1. The van der Waals surface area contributed by atoms with Gasteiger partial charge >= 0.3 is 0 Å². The van der Waals surface area contributed by atoms with Crippen molar-refractivity contribution in [1.82, 2.24) is 4.98 Å². The van der Waals surface area contributed by atoms with Crippen LogP contribution in [0.25, 0.3) is 0 Å². The van der Waals surface area contributed by atoms with Crippen LogP contribution in [0.1, 0.15) is 25.3 Å². The first-order valence-corrected chi connectivity index (χ1v) is 6.34. The van der Waals surface area contributed by atoms with Gasteiger partial charge < -0.3 is 4.74 Å². The third-order valence-corrected chi connectivity index (χ3v) is 3.02. The van der Waals surface area contributed by atoms with E-state index in [1.165, 1.54) is 5.56 Å². The number of rotatable bonds is 3. The molecule has 2 nitrogen and oxygen atoms in total. The van der Waals surface area contributed by atoms with Gasteiger partial charge in [0.1, 0.15) is 5.75 Å². The number of hydrogen-bond donors (Lipinski definition) is 0. The van der Waals surface area contributed by atoms with Crippen molar-refractivity contribution < 1.29 is 4.74 Å². The number of aromatic nitrogens is 1. The van der Waals surface area contributed by atoms with Crippen molar-refractivity contribution in [1.29, 1.82) is 0 Å². The number of ether oxygens (including phenoxy) is 1. The molecule has 1 aromatic heterocycles. The first-order valence-electron chi connectivity index (χ1n) is 5.55. The van der Waals surface area contributed by atoms with Gasteiger partial charge in [0.25, 0.3) is 0 Å². The molecule has 2 rings (SSSR count). The number of para-hydroxylation sites is 1. The molecule has 1 heterocycles. The maximum atomic E-state index is 5.69. The summed E-state index contributed by atoms with van der Waals surface area (Å²) in [5, 5.41) is 0. The van der Waals surface area contributed by atoms with E-state index < -0.39 is 0 Å². The topological polar surface area (TPSA) is 22.1 Å². The summed E-state index contributed by atoms with van der Waals surface area (Å²) < 4.78 is 6.57. The summed E-state index contributed by atoms with van der Waals surface area (Å²) in [4.78, 5) is 4.33. The molecular weight excluding hydrogens is 278 g/mol. The second-order valence-electron chi connectivity index (χ2n) is 4.13. The molecule has 0 aliphatic carbocycles. The SMILES string of the molecule is CC(C)c1cnc(Oc2ccccc2)c(Br)c1. The highest BCUT2D eigenvalue weighted by atomic mass is 79.9. The minimum Gasteiger partial charge on any atom is -0.438 e. The number of pyridine rings is 1. The van der Waals surface area contributed by atoms with Crippen LogP contribution in [0.3, 0.4) is 0 Å². The van der Waals surface area contributed by atoms with Crippen LogP contribution in [0.15, 0.2) is 47.1 Å². The predicted octanol–water partition coefficient (Wildman–Crippen LogP) is 4.76. The molecule has 0 aliphatic heterocycles. The van der Waals surface area contributed by atoms with Crippen LogP contribution in [0.5, 0.6) is 11.6 Å². The monoisotopic (exact) mass is 291 g/mol. The van der Waals surface area contributed by atoms with Crippen molar-refractivity contribution in [2.45, 2.75) is 19.8 Å². The van der Waals surface area contributed by atoms with Gasteiger partial charge in [-0.1, -0.05) is 32.0 Å². The Labute approximate surface area is 110 Å². The van der Waals surface area contributed by atoms with Crippen molar-refractivity contribution in [3.05, 3.63) is 52.6 Å². The lowest BCUT2D eigenvalue weighted by Gasteiger charge is -2.09. The Morgan fingerprint density at radius 3 is 2.47 bits per heavy atom. The maximum Gasteiger partial charge on any atom is 0.233 e. The molecule has 0 N–H and O–H groups in total. The molecule has 0 spiro atoms. The fourth-order valence-corrected chi connectivity index (χ4v) is 1.88. The van der Waals surface area contributed by atoms with Gasteiger partial charge in [-0.2, -0.15) is 0 Å². The fraction of sp³-hybridized carbons (Fsp3) is 0.214. The van der Waals surface area contributed by atoms with Gasteiger partial charge in [0.15, 0.2) is 0 Å². The molecule has 0 fully saturated rings. The number of benzene rings is 1. The summed E-state index contributed by atoms with van der Waals surface area (Å²) in [6, 6.07) is 11.7. The molecule has 0 amide bonds. The van der Waals surface area contributed by atoms with Crippen LogP contribution in [-0.2, 0) is 0 Å². The molecular formula is C14H14BrNO. The van der Waals surface area contributed by atoms with Crippen molar-refractivity contribution >= 4 is 15.9 Å². The zero-order chi connectivity index (χ0) is 12.3. The van der Waals surface area contributed by atoms with Crippen LogP contribution in [0.4, 0.5) is 0 Å².